The number of rotatable bonds is 7. The van der Waals surface area contributed by atoms with E-state index in [-0.39, 0.29) is 19.3 Å². The van der Waals surface area contributed by atoms with Crippen molar-refractivity contribution in [2.75, 3.05) is 19.0 Å². The molecule has 4 aromatic rings. The van der Waals surface area contributed by atoms with Gasteiger partial charge in [-0.05, 0) is 41.8 Å². The van der Waals surface area contributed by atoms with Crippen molar-refractivity contribution in [3.8, 4) is 17.0 Å². The fourth-order valence-corrected chi connectivity index (χ4v) is 3.56. The third-order valence-corrected chi connectivity index (χ3v) is 5.24. The molecule has 2 heterocycles. The molecule has 4 N–H and O–H groups in total. The van der Waals surface area contributed by atoms with Crippen LogP contribution in [0.2, 0.25) is 0 Å². The lowest BCUT2D eigenvalue weighted by molar-refractivity contribution is 0.276. The molecular formula is C23H24N4O3. The predicted octanol–water partition coefficient (Wildman–Crippen LogP) is 3.58. The van der Waals surface area contributed by atoms with Gasteiger partial charge in [0.05, 0.1) is 37.4 Å². The Kier molecular flexibility index (Phi) is 5.65. The zero-order valence-electron chi connectivity index (χ0n) is 16.9. The van der Waals surface area contributed by atoms with Crippen LogP contribution in [0.3, 0.4) is 0 Å². The molecule has 0 unspecified atom stereocenters. The molecule has 7 heteroatoms. The molecule has 154 valence electrons. The topological polar surface area (TPSA) is 103 Å². The highest BCUT2D eigenvalue weighted by atomic mass is 16.5. The Bertz CT molecular complexity index is 1160. The summed E-state index contributed by atoms with van der Waals surface area (Å²) in [5, 5.41) is 23.6. The van der Waals surface area contributed by atoms with Gasteiger partial charge in [-0.2, -0.15) is 0 Å². The number of anilines is 1. The van der Waals surface area contributed by atoms with Crippen molar-refractivity contribution in [1.29, 1.82) is 0 Å². The molecule has 0 aliphatic heterocycles. The number of H-pyrrole nitrogens is 1. The fourth-order valence-electron chi connectivity index (χ4n) is 3.56. The molecule has 0 saturated carbocycles. The molecule has 0 spiro atoms. The van der Waals surface area contributed by atoms with Crippen LogP contribution in [0.15, 0.2) is 54.9 Å². The number of aromatic nitrogens is 3. The third-order valence-electron chi connectivity index (χ3n) is 5.24. The minimum absolute atomic E-state index is 0.0449. The summed E-state index contributed by atoms with van der Waals surface area (Å²) in [5.74, 6) is 1.30. The van der Waals surface area contributed by atoms with Crippen molar-refractivity contribution in [3.63, 3.8) is 0 Å². The molecule has 0 amide bonds. The summed E-state index contributed by atoms with van der Waals surface area (Å²) in [4.78, 5) is 12.1. The number of aromatic amines is 1. The van der Waals surface area contributed by atoms with Crippen molar-refractivity contribution in [2.45, 2.75) is 19.6 Å². The Hall–Kier alpha value is -3.42. The van der Waals surface area contributed by atoms with Gasteiger partial charge < -0.3 is 25.3 Å². The molecule has 0 radical (unpaired) electrons. The zero-order chi connectivity index (χ0) is 21.1. The lowest BCUT2D eigenvalue weighted by Crippen LogP contribution is -2.15. The van der Waals surface area contributed by atoms with E-state index in [1.165, 1.54) is 6.33 Å². The maximum absolute atomic E-state index is 9.89. The van der Waals surface area contributed by atoms with Gasteiger partial charge in [0, 0.05) is 5.56 Å². The van der Waals surface area contributed by atoms with Gasteiger partial charge >= 0.3 is 0 Å². The van der Waals surface area contributed by atoms with Crippen molar-refractivity contribution >= 4 is 16.9 Å². The number of aryl methyl sites for hydroxylation is 1. The number of aliphatic hydroxyl groups is 2. The molecule has 0 saturated heterocycles. The molecule has 7 nitrogen and oxygen atoms in total. The van der Waals surface area contributed by atoms with E-state index >= 15 is 0 Å². The predicted molar refractivity (Wildman–Crippen MR) is 116 cm³/mol. The number of ether oxygens (including phenoxy) is 1. The molecule has 0 bridgehead atoms. The van der Waals surface area contributed by atoms with Crippen LogP contribution in [0.4, 0.5) is 5.82 Å². The number of fused-ring (bicyclic) bond motifs is 1. The Labute approximate surface area is 174 Å². The van der Waals surface area contributed by atoms with Crippen LogP contribution in [-0.2, 0) is 6.61 Å². The normalized spacial score (nSPS) is 12.1. The first-order valence-corrected chi connectivity index (χ1v) is 9.69. The van der Waals surface area contributed by atoms with Crippen LogP contribution in [0.5, 0.6) is 5.75 Å². The highest BCUT2D eigenvalue weighted by Gasteiger charge is 2.17. The van der Waals surface area contributed by atoms with E-state index in [0.717, 1.165) is 33.3 Å². The highest BCUT2D eigenvalue weighted by Crippen LogP contribution is 2.35. The van der Waals surface area contributed by atoms with Crippen LogP contribution >= 0.6 is 0 Å². The van der Waals surface area contributed by atoms with E-state index < -0.39 is 0 Å². The summed E-state index contributed by atoms with van der Waals surface area (Å²) < 4.78 is 5.55. The first-order valence-electron chi connectivity index (χ1n) is 9.69. The smallest absolute Gasteiger partial charge is 0.143 e. The lowest BCUT2D eigenvalue weighted by atomic mass is 10.0. The SMILES string of the molecule is COc1cc(CO)c(C)cc1-c1cc2c(N[C@H](CO)c3ccccc3)ncnc2[nH]1. The summed E-state index contributed by atoms with van der Waals surface area (Å²) >= 11 is 0. The zero-order valence-corrected chi connectivity index (χ0v) is 16.9. The standard InChI is InChI=1S/C23H24N4O3/c1-14-8-17(21(30-2)9-16(14)11-28)19-10-18-22(26-19)24-13-25-23(18)27-20(12-29)15-6-4-3-5-7-15/h3-10,13,20,28-29H,11-12H2,1-2H3,(H2,24,25,26,27)/t20-/m1/s1. The van der Waals surface area contributed by atoms with E-state index in [4.69, 9.17) is 4.74 Å². The van der Waals surface area contributed by atoms with Gasteiger partial charge in [0.2, 0.25) is 0 Å². The average Bonchev–Trinajstić information content (AvgIpc) is 3.23. The molecule has 1 atom stereocenters. The maximum atomic E-state index is 9.89. The summed E-state index contributed by atoms with van der Waals surface area (Å²) in [7, 11) is 1.61. The average molecular weight is 404 g/mol. The van der Waals surface area contributed by atoms with Gasteiger partial charge in [-0.15, -0.1) is 0 Å². The van der Waals surface area contributed by atoms with E-state index in [0.29, 0.717) is 17.2 Å². The van der Waals surface area contributed by atoms with Crippen LogP contribution in [0.25, 0.3) is 22.3 Å². The molecule has 0 aliphatic carbocycles. The van der Waals surface area contributed by atoms with Crippen molar-refractivity contribution < 1.29 is 14.9 Å². The monoisotopic (exact) mass is 404 g/mol. The van der Waals surface area contributed by atoms with Gasteiger partial charge in [-0.3, -0.25) is 0 Å². The second-order valence-corrected chi connectivity index (χ2v) is 7.09. The summed E-state index contributed by atoms with van der Waals surface area (Å²) in [6, 6.07) is 15.3. The largest absolute Gasteiger partial charge is 0.496 e. The number of nitrogens with zero attached hydrogens (tertiary/aromatic N) is 2. The first kappa shape index (κ1) is 19.9. The molecule has 0 fully saturated rings. The second kappa shape index (κ2) is 8.52. The summed E-state index contributed by atoms with van der Waals surface area (Å²) in [5.41, 5.74) is 5.15. The molecule has 0 aliphatic rings. The Morgan fingerprint density at radius 3 is 2.60 bits per heavy atom. The third kappa shape index (κ3) is 3.72. The van der Waals surface area contributed by atoms with Crippen molar-refractivity contribution in [2.24, 2.45) is 0 Å². The van der Waals surface area contributed by atoms with Gasteiger partial charge in [-0.25, -0.2) is 9.97 Å². The van der Waals surface area contributed by atoms with E-state index in [9.17, 15) is 10.2 Å². The lowest BCUT2D eigenvalue weighted by Gasteiger charge is -2.17. The molecule has 2 aromatic heterocycles. The first-order chi connectivity index (χ1) is 14.6. The van der Waals surface area contributed by atoms with Gasteiger partial charge in [0.1, 0.15) is 23.5 Å². The van der Waals surface area contributed by atoms with E-state index in [2.05, 4.69) is 20.3 Å². The van der Waals surface area contributed by atoms with E-state index in [1.807, 2.05) is 55.5 Å². The van der Waals surface area contributed by atoms with Gasteiger partial charge in [0.25, 0.3) is 0 Å². The van der Waals surface area contributed by atoms with Gasteiger partial charge in [-0.1, -0.05) is 30.3 Å². The minimum atomic E-state index is -0.289. The number of hydrogen-bond donors (Lipinski definition) is 4. The van der Waals surface area contributed by atoms with Crippen LogP contribution in [0, 0.1) is 6.92 Å². The van der Waals surface area contributed by atoms with E-state index in [1.54, 1.807) is 7.11 Å². The Morgan fingerprint density at radius 1 is 1.10 bits per heavy atom. The minimum Gasteiger partial charge on any atom is -0.496 e. The quantitative estimate of drug-likeness (QED) is 0.375. The summed E-state index contributed by atoms with van der Waals surface area (Å²) in [6.07, 6.45) is 1.49. The van der Waals surface area contributed by atoms with Crippen LogP contribution in [0.1, 0.15) is 22.7 Å². The highest BCUT2D eigenvalue weighted by molar-refractivity contribution is 5.92. The summed E-state index contributed by atoms with van der Waals surface area (Å²) in [6.45, 7) is 1.84. The van der Waals surface area contributed by atoms with Crippen molar-refractivity contribution in [3.05, 3.63) is 71.5 Å². The van der Waals surface area contributed by atoms with Gasteiger partial charge in [0.15, 0.2) is 0 Å². The number of nitrogens with one attached hydrogen (secondary N) is 2. The second-order valence-electron chi connectivity index (χ2n) is 7.09. The number of benzene rings is 2. The Morgan fingerprint density at radius 2 is 1.90 bits per heavy atom. The molecular weight excluding hydrogens is 380 g/mol. The van der Waals surface area contributed by atoms with Crippen molar-refractivity contribution in [1.82, 2.24) is 15.0 Å². The Balaban J connectivity index is 1.75. The molecule has 4 rings (SSSR count). The fraction of sp³-hybridized carbons (Fsp3) is 0.217. The maximum Gasteiger partial charge on any atom is 0.143 e. The number of methoxy groups -OCH3 is 1. The molecule has 30 heavy (non-hydrogen) atoms. The number of aliphatic hydroxyl groups excluding tert-OH is 2. The molecule has 2 aromatic carbocycles. The van der Waals surface area contributed by atoms with Crippen LogP contribution < -0.4 is 10.1 Å². The number of hydrogen-bond acceptors (Lipinski definition) is 6. The van der Waals surface area contributed by atoms with Crippen LogP contribution in [-0.4, -0.2) is 38.9 Å².